The first-order chi connectivity index (χ1) is 9.15. The zero-order valence-electron chi connectivity index (χ0n) is 10.9. The maximum atomic E-state index is 12.0. The lowest BCUT2D eigenvalue weighted by Gasteiger charge is -2.06. The molecule has 0 atom stereocenters. The first kappa shape index (κ1) is 13.0. The molecule has 1 aromatic carbocycles. The number of nitrogens with zero attached hydrogens (tertiary/aromatic N) is 1. The van der Waals surface area contributed by atoms with Crippen molar-refractivity contribution in [3.8, 4) is 11.5 Å². The maximum Gasteiger partial charge on any atom is 0.347 e. The van der Waals surface area contributed by atoms with E-state index in [2.05, 4.69) is 0 Å². The second-order valence-electron chi connectivity index (χ2n) is 3.97. The normalized spacial score (nSPS) is 10.2. The lowest BCUT2D eigenvalue weighted by molar-refractivity contribution is 0.0735. The monoisotopic (exact) mass is 260 g/mol. The molecule has 0 aliphatic heterocycles. The second kappa shape index (κ2) is 5.48. The Bertz CT molecular complexity index is 590. The van der Waals surface area contributed by atoms with Crippen LogP contribution in [0.5, 0.6) is 11.5 Å². The lowest BCUT2D eigenvalue weighted by atomic mass is 10.3. The molecule has 0 spiro atoms. The quantitative estimate of drug-likeness (QED) is 0.676. The minimum atomic E-state index is -0.474. The van der Waals surface area contributed by atoms with Crippen LogP contribution < -0.4 is 15.2 Å². The average molecular weight is 260 g/mol. The number of esters is 1. The van der Waals surface area contributed by atoms with Gasteiger partial charge in [0.25, 0.3) is 0 Å². The van der Waals surface area contributed by atoms with Gasteiger partial charge in [0.15, 0.2) is 0 Å². The number of carbonyl (C=O) groups is 1. The van der Waals surface area contributed by atoms with E-state index >= 15 is 0 Å². The third-order valence-corrected chi connectivity index (χ3v) is 2.82. The minimum absolute atomic E-state index is 0.365. The summed E-state index contributed by atoms with van der Waals surface area (Å²) in [5, 5.41) is 0. The van der Waals surface area contributed by atoms with Gasteiger partial charge in [0, 0.05) is 18.8 Å². The number of aryl methyl sites for hydroxylation is 1. The highest BCUT2D eigenvalue weighted by atomic mass is 16.5. The summed E-state index contributed by atoms with van der Waals surface area (Å²) in [6, 6.07) is 8.51. The van der Waals surface area contributed by atoms with Gasteiger partial charge in [0.05, 0.1) is 7.11 Å². The van der Waals surface area contributed by atoms with E-state index in [1.54, 1.807) is 48.2 Å². The van der Waals surface area contributed by atoms with Crippen LogP contribution in [0.15, 0.2) is 36.5 Å². The smallest absolute Gasteiger partial charge is 0.347 e. The van der Waals surface area contributed by atoms with E-state index in [4.69, 9.17) is 15.2 Å². The predicted molar refractivity (Wildman–Crippen MR) is 72.5 cm³/mol. The molecule has 0 fully saturated rings. The molecule has 1 aromatic heterocycles. The van der Waals surface area contributed by atoms with Crippen LogP contribution in [-0.4, -0.2) is 17.6 Å². The van der Waals surface area contributed by atoms with Crippen LogP contribution in [0.4, 0.5) is 5.82 Å². The summed E-state index contributed by atoms with van der Waals surface area (Å²) in [7, 11) is 1.56. The summed E-state index contributed by atoms with van der Waals surface area (Å²) in [5.74, 6) is 0.991. The molecule has 1 heterocycles. The SMILES string of the molecule is CCn1ccc(C(=O)Oc2cccc(OC)c2)c1N. The number of hydrogen-bond acceptors (Lipinski definition) is 4. The van der Waals surface area contributed by atoms with E-state index in [0.717, 1.165) is 0 Å². The first-order valence-electron chi connectivity index (χ1n) is 5.96. The first-order valence-corrected chi connectivity index (χ1v) is 5.96. The number of benzene rings is 1. The molecule has 0 aliphatic rings. The van der Waals surface area contributed by atoms with E-state index in [9.17, 15) is 4.79 Å². The van der Waals surface area contributed by atoms with Crippen LogP contribution in [0.1, 0.15) is 17.3 Å². The molecule has 0 saturated carbocycles. The summed E-state index contributed by atoms with van der Waals surface area (Å²) in [6.45, 7) is 2.66. The van der Waals surface area contributed by atoms with Gasteiger partial charge in [-0.1, -0.05) is 6.07 Å². The number of ether oxygens (including phenoxy) is 2. The molecule has 100 valence electrons. The number of anilines is 1. The van der Waals surface area contributed by atoms with E-state index in [0.29, 0.717) is 29.4 Å². The summed E-state index contributed by atoms with van der Waals surface area (Å²) >= 11 is 0. The fourth-order valence-corrected chi connectivity index (χ4v) is 1.76. The average Bonchev–Trinajstić information content (AvgIpc) is 2.80. The van der Waals surface area contributed by atoms with Crippen molar-refractivity contribution >= 4 is 11.8 Å². The fourth-order valence-electron chi connectivity index (χ4n) is 1.76. The largest absolute Gasteiger partial charge is 0.497 e. The Morgan fingerprint density at radius 2 is 2.05 bits per heavy atom. The third kappa shape index (κ3) is 2.70. The molecule has 0 bridgehead atoms. The summed E-state index contributed by atoms with van der Waals surface area (Å²) in [4.78, 5) is 12.0. The van der Waals surface area contributed by atoms with Crippen molar-refractivity contribution in [3.63, 3.8) is 0 Å². The van der Waals surface area contributed by atoms with Gasteiger partial charge in [0.1, 0.15) is 22.9 Å². The zero-order chi connectivity index (χ0) is 13.8. The fraction of sp³-hybridized carbons (Fsp3) is 0.214. The van der Waals surface area contributed by atoms with Crippen LogP contribution in [0, 0.1) is 0 Å². The number of aromatic nitrogens is 1. The van der Waals surface area contributed by atoms with Crippen molar-refractivity contribution in [1.29, 1.82) is 0 Å². The molecule has 0 saturated heterocycles. The van der Waals surface area contributed by atoms with Crippen molar-refractivity contribution in [1.82, 2.24) is 4.57 Å². The number of nitrogens with two attached hydrogens (primary N) is 1. The molecular weight excluding hydrogens is 244 g/mol. The van der Waals surface area contributed by atoms with Crippen molar-refractivity contribution in [2.24, 2.45) is 0 Å². The van der Waals surface area contributed by atoms with E-state index in [1.165, 1.54) is 0 Å². The van der Waals surface area contributed by atoms with Gasteiger partial charge in [-0.3, -0.25) is 0 Å². The number of hydrogen-bond donors (Lipinski definition) is 1. The van der Waals surface area contributed by atoms with Crippen LogP contribution in [0.25, 0.3) is 0 Å². The highest BCUT2D eigenvalue weighted by Crippen LogP contribution is 2.21. The summed E-state index contributed by atoms with van der Waals surface area (Å²) < 4.78 is 12.1. The standard InChI is InChI=1S/C14H16N2O3/c1-3-16-8-7-12(13(16)15)14(17)19-11-6-4-5-10(9-11)18-2/h4-9H,3,15H2,1-2H3. The van der Waals surface area contributed by atoms with Crippen LogP contribution in [-0.2, 0) is 6.54 Å². The maximum absolute atomic E-state index is 12.0. The molecular formula is C14H16N2O3. The Hall–Kier alpha value is -2.43. The van der Waals surface area contributed by atoms with Crippen molar-refractivity contribution in [2.45, 2.75) is 13.5 Å². The van der Waals surface area contributed by atoms with Crippen molar-refractivity contribution in [3.05, 3.63) is 42.1 Å². The minimum Gasteiger partial charge on any atom is -0.497 e. The van der Waals surface area contributed by atoms with Crippen LogP contribution in [0.3, 0.4) is 0 Å². The van der Waals surface area contributed by atoms with Gasteiger partial charge in [-0.2, -0.15) is 0 Å². The second-order valence-corrected chi connectivity index (χ2v) is 3.97. The molecule has 0 amide bonds. The number of rotatable bonds is 4. The Labute approximate surface area is 111 Å². The molecule has 5 nitrogen and oxygen atoms in total. The van der Waals surface area contributed by atoms with Gasteiger partial charge in [0.2, 0.25) is 0 Å². The van der Waals surface area contributed by atoms with Crippen LogP contribution >= 0.6 is 0 Å². The topological polar surface area (TPSA) is 66.5 Å². The van der Waals surface area contributed by atoms with Crippen molar-refractivity contribution in [2.75, 3.05) is 12.8 Å². The Kier molecular flexibility index (Phi) is 3.75. The number of carbonyl (C=O) groups excluding carboxylic acids is 1. The number of nitrogen functional groups attached to an aromatic ring is 1. The third-order valence-electron chi connectivity index (χ3n) is 2.82. The predicted octanol–water partition coefficient (Wildman–Crippen LogP) is 2.32. The lowest BCUT2D eigenvalue weighted by Crippen LogP contribution is -2.11. The molecule has 5 heteroatoms. The van der Waals surface area contributed by atoms with Gasteiger partial charge < -0.3 is 19.8 Å². The molecule has 0 unspecified atom stereocenters. The Balaban J connectivity index is 2.18. The Morgan fingerprint density at radius 1 is 1.32 bits per heavy atom. The van der Waals surface area contributed by atoms with E-state index in [-0.39, 0.29) is 0 Å². The van der Waals surface area contributed by atoms with Gasteiger partial charge in [-0.15, -0.1) is 0 Å². The Morgan fingerprint density at radius 3 is 2.68 bits per heavy atom. The molecule has 2 rings (SSSR count). The van der Waals surface area contributed by atoms with Gasteiger partial charge in [-0.25, -0.2) is 4.79 Å². The summed E-state index contributed by atoms with van der Waals surface area (Å²) in [5.41, 5.74) is 6.23. The molecule has 0 aliphatic carbocycles. The van der Waals surface area contributed by atoms with Gasteiger partial charge in [-0.05, 0) is 25.1 Å². The van der Waals surface area contributed by atoms with E-state index < -0.39 is 5.97 Å². The van der Waals surface area contributed by atoms with Crippen molar-refractivity contribution < 1.29 is 14.3 Å². The van der Waals surface area contributed by atoms with Gasteiger partial charge >= 0.3 is 5.97 Å². The summed E-state index contributed by atoms with van der Waals surface area (Å²) in [6.07, 6.45) is 1.76. The highest BCUT2D eigenvalue weighted by Gasteiger charge is 2.15. The molecule has 19 heavy (non-hydrogen) atoms. The van der Waals surface area contributed by atoms with Crippen LogP contribution in [0.2, 0.25) is 0 Å². The molecule has 0 radical (unpaired) electrons. The highest BCUT2D eigenvalue weighted by molar-refractivity contribution is 5.95. The molecule has 2 aromatic rings. The molecule has 2 N–H and O–H groups in total. The number of methoxy groups -OCH3 is 1. The van der Waals surface area contributed by atoms with E-state index in [1.807, 2.05) is 6.92 Å². The zero-order valence-corrected chi connectivity index (χ0v) is 10.9.